The largest absolute Gasteiger partial charge is 0.344 e. The van der Waals surface area contributed by atoms with Crippen molar-refractivity contribution in [2.75, 3.05) is 11.6 Å². The van der Waals surface area contributed by atoms with Crippen molar-refractivity contribution in [3.8, 4) is 0 Å². The van der Waals surface area contributed by atoms with E-state index in [1.807, 2.05) is 0 Å². The predicted molar refractivity (Wildman–Crippen MR) is 105 cm³/mol. The van der Waals surface area contributed by atoms with Gasteiger partial charge in [-0.05, 0) is 35.0 Å². The Morgan fingerprint density at radius 2 is 1.79 bits per heavy atom. The van der Waals surface area contributed by atoms with Crippen LogP contribution in [0.2, 0.25) is 0 Å². The first-order valence-electron chi connectivity index (χ1n) is 7.89. The molecule has 0 aliphatic carbocycles. The fourth-order valence-electron chi connectivity index (χ4n) is 1.91. The number of hydrogen-bond acceptors (Lipinski definition) is 6. The Labute approximate surface area is 171 Å². The summed E-state index contributed by atoms with van der Waals surface area (Å²) in [6, 6.07) is 4.32. The highest BCUT2D eigenvalue weighted by Crippen LogP contribution is 2.20. The summed E-state index contributed by atoms with van der Waals surface area (Å²) in [6.07, 6.45) is 1.16. The summed E-state index contributed by atoms with van der Waals surface area (Å²) in [5, 5.41) is 6.83. The minimum absolute atomic E-state index is 0.338. The van der Waals surface area contributed by atoms with Crippen LogP contribution in [0.3, 0.4) is 0 Å². The number of amides is 4. The lowest BCUT2D eigenvalue weighted by Crippen LogP contribution is -2.51. The lowest BCUT2D eigenvalue weighted by atomic mass is 10.2. The number of carbonyl (C=O) groups excluding carboxylic acids is 5. The molecule has 0 aromatic heterocycles. The van der Waals surface area contributed by atoms with Crippen LogP contribution in [0.1, 0.15) is 13.3 Å². The van der Waals surface area contributed by atoms with Crippen LogP contribution in [0.25, 0.3) is 0 Å². The molecule has 0 saturated heterocycles. The minimum Gasteiger partial charge on any atom is -0.344 e. The number of aldehydes is 1. The average Bonchev–Trinajstić information content (AvgIpc) is 2.61. The lowest BCUT2D eigenvalue weighted by molar-refractivity contribution is -0.138. The number of rotatable bonds is 8. The molecule has 0 aliphatic rings. The molecule has 1 aromatic rings. The van der Waals surface area contributed by atoms with Gasteiger partial charge in [0.1, 0.15) is 23.3 Å². The topological polar surface area (TPSA) is 151 Å². The number of anilines is 1. The molecular weight excluding hydrogens is 456 g/mol. The van der Waals surface area contributed by atoms with Gasteiger partial charge >= 0.3 is 11.8 Å². The van der Waals surface area contributed by atoms with Crippen LogP contribution < -0.4 is 20.7 Å². The van der Waals surface area contributed by atoms with Crippen molar-refractivity contribution in [2.24, 2.45) is 0 Å². The monoisotopic (exact) mass is 474 g/mol. The number of para-hydroxylation sites is 1. The standard InChI is InChI=1S/C16H19BrN4O6S/c1-9(14(24)19-10(8-22)7-13(23)21-28(2)27)18-15(25)16(26)20-12-6-4-3-5-11(12)17/h3-6,8-10H,7H2,1-2H3,(H,18,25)(H,19,24)(H,20,26)(H,21,23). The van der Waals surface area contributed by atoms with Crippen LogP contribution in [0.4, 0.5) is 5.69 Å². The Bertz CT molecular complexity index is 803. The van der Waals surface area contributed by atoms with Gasteiger partial charge < -0.3 is 20.7 Å². The summed E-state index contributed by atoms with van der Waals surface area (Å²) in [7, 11) is -1.60. The van der Waals surface area contributed by atoms with E-state index in [4.69, 9.17) is 0 Å². The zero-order valence-electron chi connectivity index (χ0n) is 15.0. The van der Waals surface area contributed by atoms with Gasteiger partial charge in [0, 0.05) is 10.7 Å². The van der Waals surface area contributed by atoms with Crippen LogP contribution >= 0.6 is 15.9 Å². The summed E-state index contributed by atoms with van der Waals surface area (Å²) in [5.74, 6) is -3.50. The highest BCUT2D eigenvalue weighted by molar-refractivity contribution is 9.10. The Morgan fingerprint density at radius 3 is 2.36 bits per heavy atom. The molecular formula is C16H19BrN4O6S. The number of nitrogens with one attached hydrogen (secondary N) is 4. The summed E-state index contributed by atoms with van der Waals surface area (Å²) in [4.78, 5) is 58.5. The SMILES string of the molecule is CC(NC(=O)C(=O)Nc1ccccc1Br)C(=O)NC(C=O)CC(=O)NS(C)=O. The maximum Gasteiger partial charge on any atom is 0.313 e. The molecule has 0 fully saturated rings. The first-order chi connectivity index (χ1) is 13.1. The van der Waals surface area contributed by atoms with E-state index in [1.54, 1.807) is 24.3 Å². The summed E-state index contributed by atoms with van der Waals surface area (Å²) in [6.45, 7) is 1.31. The van der Waals surface area contributed by atoms with Crippen LogP contribution in [0.15, 0.2) is 28.7 Å². The number of carbonyl (C=O) groups is 5. The van der Waals surface area contributed by atoms with Gasteiger partial charge in [-0.1, -0.05) is 12.1 Å². The number of benzene rings is 1. The summed E-state index contributed by atoms with van der Waals surface area (Å²) < 4.78 is 13.6. The van der Waals surface area contributed by atoms with Gasteiger partial charge in [0.05, 0.1) is 18.2 Å². The molecule has 0 radical (unpaired) electrons. The van der Waals surface area contributed by atoms with Crippen molar-refractivity contribution in [3.63, 3.8) is 0 Å². The lowest BCUT2D eigenvalue weighted by Gasteiger charge is -2.17. The van der Waals surface area contributed by atoms with Gasteiger partial charge in [0.2, 0.25) is 11.8 Å². The summed E-state index contributed by atoms with van der Waals surface area (Å²) in [5.41, 5.74) is 0.375. The Hall–Kier alpha value is -2.60. The van der Waals surface area contributed by atoms with Gasteiger partial charge in [-0.25, -0.2) is 4.21 Å². The van der Waals surface area contributed by atoms with Gasteiger partial charge in [-0.2, -0.15) is 0 Å². The van der Waals surface area contributed by atoms with E-state index in [0.717, 1.165) is 0 Å². The highest BCUT2D eigenvalue weighted by Gasteiger charge is 2.24. The number of halogens is 1. The van der Waals surface area contributed by atoms with E-state index in [0.29, 0.717) is 16.4 Å². The fourth-order valence-corrected chi connectivity index (χ4v) is 2.70. The Morgan fingerprint density at radius 1 is 1.14 bits per heavy atom. The van der Waals surface area contributed by atoms with Crippen molar-refractivity contribution in [1.29, 1.82) is 0 Å². The molecule has 0 aliphatic heterocycles. The first-order valence-corrected chi connectivity index (χ1v) is 10.2. The molecule has 3 unspecified atom stereocenters. The maximum atomic E-state index is 12.1. The number of hydrogen-bond donors (Lipinski definition) is 4. The van der Waals surface area contributed by atoms with Crippen molar-refractivity contribution in [2.45, 2.75) is 25.4 Å². The third kappa shape index (κ3) is 7.96. The summed E-state index contributed by atoms with van der Waals surface area (Å²) >= 11 is 3.22. The first kappa shape index (κ1) is 23.4. The molecule has 0 spiro atoms. The van der Waals surface area contributed by atoms with E-state index >= 15 is 0 Å². The molecule has 12 heteroatoms. The molecule has 28 heavy (non-hydrogen) atoms. The van der Waals surface area contributed by atoms with E-state index in [9.17, 15) is 28.2 Å². The van der Waals surface area contributed by atoms with Gasteiger partial charge in [0.15, 0.2) is 0 Å². The maximum absolute atomic E-state index is 12.1. The fraction of sp³-hybridized carbons (Fsp3) is 0.312. The Balaban J connectivity index is 2.57. The molecule has 4 amide bonds. The predicted octanol–water partition coefficient (Wildman–Crippen LogP) is -0.624. The second-order valence-corrected chi connectivity index (χ2v) is 7.53. The third-order valence-corrected chi connectivity index (χ3v) is 4.43. The molecule has 0 heterocycles. The van der Waals surface area contributed by atoms with Gasteiger partial charge in [-0.3, -0.25) is 23.9 Å². The molecule has 0 bridgehead atoms. The van der Waals surface area contributed by atoms with Crippen molar-refractivity contribution < 1.29 is 28.2 Å². The molecule has 3 atom stereocenters. The molecule has 152 valence electrons. The second kappa shape index (κ2) is 11.3. The quantitative estimate of drug-likeness (QED) is 0.291. The van der Waals surface area contributed by atoms with Crippen LogP contribution in [-0.4, -0.2) is 52.5 Å². The normalized spacial score (nSPS) is 13.4. The van der Waals surface area contributed by atoms with Crippen LogP contribution in [0, 0.1) is 0 Å². The zero-order valence-corrected chi connectivity index (χ0v) is 17.4. The molecule has 10 nitrogen and oxygen atoms in total. The van der Waals surface area contributed by atoms with Crippen molar-refractivity contribution in [1.82, 2.24) is 15.4 Å². The highest BCUT2D eigenvalue weighted by atomic mass is 79.9. The van der Waals surface area contributed by atoms with Crippen LogP contribution in [0.5, 0.6) is 0 Å². The van der Waals surface area contributed by atoms with Crippen molar-refractivity contribution >= 4 is 62.5 Å². The Kier molecular flexibility index (Phi) is 9.45. The molecule has 1 rings (SSSR count). The van der Waals surface area contributed by atoms with Gasteiger partial charge in [0.25, 0.3) is 0 Å². The molecule has 1 aromatic carbocycles. The van der Waals surface area contributed by atoms with E-state index in [1.165, 1.54) is 13.2 Å². The zero-order chi connectivity index (χ0) is 21.3. The third-order valence-electron chi connectivity index (χ3n) is 3.22. The molecule has 4 N–H and O–H groups in total. The minimum atomic E-state index is -1.60. The van der Waals surface area contributed by atoms with Crippen molar-refractivity contribution in [3.05, 3.63) is 28.7 Å². The average molecular weight is 475 g/mol. The smallest absolute Gasteiger partial charge is 0.313 e. The van der Waals surface area contributed by atoms with E-state index in [-0.39, 0.29) is 0 Å². The van der Waals surface area contributed by atoms with Gasteiger partial charge in [-0.15, -0.1) is 0 Å². The van der Waals surface area contributed by atoms with E-state index in [2.05, 4.69) is 36.6 Å². The second-order valence-electron chi connectivity index (χ2n) is 5.56. The molecule has 0 saturated carbocycles. The van der Waals surface area contributed by atoms with E-state index < -0.39 is 53.1 Å². The van der Waals surface area contributed by atoms with Crippen LogP contribution in [-0.2, 0) is 35.0 Å².